The van der Waals surface area contributed by atoms with Crippen molar-refractivity contribution in [2.24, 2.45) is 34.5 Å². The monoisotopic (exact) mass is 562 g/mol. The van der Waals surface area contributed by atoms with E-state index < -0.39 is 0 Å². The summed E-state index contributed by atoms with van der Waals surface area (Å²) in [4.78, 5) is 0. The smallest absolute Gasteiger partial charge is 0.115 e. The number of phenols is 2. The summed E-state index contributed by atoms with van der Waals surface area (Å²) in [6.07, 6.45) is 13.6. The third-order valence-electron chi connectivity index (χ3n) is 13.3. The minimum atomic E-state index is -0.0883. The Kier molecular flexibility index (Phi) is 7.48. The Morgan fingerprint density at radius 3 is 1.41 bits per heavy atom. The van der Waals surface area contributed by atoms with Crippen LogP contribution in [0, 0.1) is 34.5 Å². The van der Waals surface area contributed by atoms with Crippen LogP contribution < -0.4 is 0 Å². The van der Waals surface area contributed by atoms with Crippen LogP contribution in [0.25, 0.3) is 0 Å². The van der Waals surface area contributed by atoms with Crippen molar-refractivity contribution in [3.63, 3.8) is 0 Å². The van der Waals surface area contributed by atoms with Gasteiger partial charge in [-0.2, -0.15) is 0 Å². The fraction of sp³-hybridized carbons (Fsp3) is 0.667. The second kappa shape index (κ2) is 10.6. The molecule has 0 aromatic heterocycles. The van der Waals surface area contributed by atoms with Crippen LogP contribution >= 0.6 is 0 Å². The summed E-state index contributed by atoms with van der Waals surface area (Å²) >= 11 is 0. The largest absolute Gasteiger partial charge is 0.508 e. The number of aliphatic hydroxyl groups excluding tert-OH is 2. The number of rotatable bonds is 0. The van der Waals surface area contributed by atoms with Crippen molar-refractivity contribution in [1.82, 2.24) is 0 Å². The third-order valence-corrected chi connectivity index (χ3v) is 13.3. The molecule has 2 aromatic carbocycles. The van der Waals surface area contributed by atoms with Gasteiger partial charge in [-0.15, -0.1) is 0 Å². The Bertz CT molecular complexity index is 1180. The molecule has 6 aliphatic carbocycles. The topological polar surface area (TPSA) is 112 Å². The molecule has 0 saturated heterocycles. The van der Waals surface area contributed by atoms with E-state index in [-0.39, 0.29) is 28.5 Å². The maximum atomic E-state index is 10.4. The molecule has 224 valence electrons. The Morgan fingerprint density at radius 1 is 0.585 bits per heavy atom. The molecule has 8 rings (SSSR count). The molecule has 10 atom stereocenters. The molecule has 2 aromatic rings. The zero-order chi connectivity index (χ0) is 27.8. The van der Waals surface area contributed by atoms with Gasteiger partial charge in [0.1, 0.15) is 11.5 Å². The molecule has 5 nitrogen and oxygen atoms in total. The van der Waals surface area contributed by atoms with Crippen molar-refractivity contribution in [2.75, 3.05) is 0 Å². The highest BCUT2D eigenvalue weighted by Gasteiger charge is 2.55. The standard InChI is InChI=1S/2C18H24O2.H2O/c2*1-18-9-8-14-13-5-3-12(19)10-11(13)2-4-15(14)16(18)6-7-17(18)20;/h2*3,5,10,14-17,19-20H,2,4,6-9H2,1H3;1H2. The van der Waals surface area contributed by atoms with Crippen LogP contribution in [0.15, 0.2) is 36.4 Å². The van der Waals surface area contributed by atoms with Gasteiger partial charge in [-0.05, 0) is 170 Å². The molecule has 6 aliphatic rings. The van der Waals surface area contributed by atoms with E-state index in [1.165, 1.54) is 60.8 Å². The lowest BCUT2D eigenvalue weighted by atomic mass is 9.55. The molecule has 0 amide bonds. The summed E-state index contributed by atoms with van der Waals surface area (Å²) in [5, 5.41) is 40.1. The predicted molar refractivity (Wildman–Crippen MR) is 161 cm³/mol. The average Bonchev–Trinajstić information content (AvgIpc) is 3.43. The van der Waals surface area contributed by atoms with Gasteiger partial charge >= 0.3 is 0 Å². The van der Waals surface area contributed by atoms with Crippen molar-refractivity contribution in [2.45, 2.75) is 115 Å². The van der Waals surface area contributed by atoms with Gasteiger partial charge in [0.25, 0.3) is 0 Å². The van der Waals surface area contributed by atoms with E-state index in [9.17, 15) is 20.4 Å². The highest BCUT2D eigenvalue weighted by molar-refractivity contribution is 5.41. The fourth-order valence-corrected chi connectivity index (χ4v) is 11.1. The summed E-state index contributed by atoms with van der Waals surface area (Å²) in [5.41, 5.74) is 5.98. The maximum Gasteiger partial charge on any atom is 0.115 e. The number of hydrogen-bond acceptors (Lipinski definition) is 4. The minimum absolute atomic E-state index is 0. The van der Waals surface area contributed by atoms with Gasteiger partial charge in [0.05, 0.1) is 12.2 Å². The first-order valence-electron chi connectivity index (χ1n) is 16.2. The minimum Gasteiger partial charge on any atom is -0.508 e. The fourth-order valence-electron chi connectivity index (χ4n) is 11.1. The van der Waals surface area contributed by atoms with E-state index in [1.807, 2.05) is 24.3 Å². The van der Waals surface area contributed by atoms with Crippen molar-refractivity contribution in [3.05, 3.63) is 58.7 Å². The van der Waals surface area contributed by atoms with Gasteiger partial charge < -0.3 is 25.9 Å². The second-order valence-corrected chi connectivity index (χ2v) is 14.9. The molecule has 6 N–H and O–H groups in total. The van der Waals surface area contributed by atoms with E-state index in [0.29, 0.717) is 35.2 Å². The highest BCUT2D eigenvalue weighted by Crippen LogP contribution is 2.62. The molecule has 4 fully saturated rings. The zero-order valence-corrected chi connectivity index (χ0v) is 24.9. The van der Waals surface area contributed by atoms with E-state index in [0.717, 1.165) is 50.4 Å². The summed E-state index contributed by atoms with van der Waals surface area (Å²) in [7, 11) is 0. The first-order chi connectivity index (χ1) is 19.2. The molecule has 0 radical (unpaired) electrons. The Labute approximate surface area is 245 Å². The van der Waals surface area contributed by atoms with Gasteiger partial charge in [-0.25, -0.2) is 0 Å². The summed E-state index contributed by atoms with van der Waals surface area (Å²) < 4.78 is 0. The van der Waals surface area contributed by atoms with Gasteiger partial charge in [-0.3, -0.25) is 0 Å². The van der Waals surface area contributed by atoms with Crippen molar-refractivity contribution < 1.29 is 25.9 Å². The van der Waals surface area contributed by atoms with Crippen molar-refractivity contribution in [1.29, 1.82) is 0 Å². The first-order valence-corrected chi connectivity index (χ1v) is 16.2. The lowest BCUT2D eigenvalue weighted by Crippen LogP contribution is -2.43. The van der Waals surface area contributed by atoms with Crippen LogP contribution in [0.5, 0.6) is 11.5 Å². The first kappa shape index (κ1) is 29.0. The van der Waals surface area contributed by atoms with Crippen LogP contribution in [-0.2, 0) is 12.8 Å². The number of aliphatic hydroxyl groups is 2. The van der Waals surface area contributed by atoms with Crippen LogP contribution in [0.2, 0.25) is 0 Å². The molecule has 41 heavy (non-hydrogen) atoms. The molecular weight excluding hydrogens is 512 g/mol. The van der Waals surface area contributed by atoms with Crippen molar-refractivity contribution >= 4 is 0 Å². The third kappa shape index (κ3) is 4.53. The average molecular weight is 563 g/mol. The summed E-state index contributed by atoms with van der Waals surface area (Å²) in [6.45, 7) is 4.63. The van der Waals surface area contributed by atoms with Crippen molar-refractivity contribution in [3.8, 4) is 11.5 Å². The molecule has 0 heterocycles. The normalized spacial score (nSPS) is 41.7. The summed E-state index contributed by atoms with van der Waals surface area (Å²) in [5.74, 6) is 4.98. The molecule has 0 spiro atoms. The highest BCUT2D eigenvalue weighted by atomic mass is 16.3. The number of fused-ring (bicyclic) bond motifs is 10. The van der Waals surface area contributed by atoms with Crippen LogP contribution in [0.3, 0.4) is 0 Å². The number of phenolic OH excluding ortho intramolecular Hbond substituents is 2. The van der Waals surface area contributed by atoms with Gasteiger partial charge in [0.2, 0.25) is 0 Å². The SMILES string of the molecule is CC12CCC3c4ccc(O)cc4CCC3C1CCC2O.CC12CCC3c4ccc(O)cc4CCC3C1CCC2O.O. The van der Waals surface area contributed by atoms with Crippen LogP contribution in [0.4, 0.5) is 0 Å². The van der Waals surface area contributed by atoms with Crippen LogP contribution in [0.1, 0.15) is 112 Å². The molecule has 10 unspecified atom stereocenters. The van der Waals surface area contributed by atoms with E-state index in [1.54, 1.807) is 0 Å². The quantitative estimate of drug-likeness (QED) is 0.298. The van der Waals surface area contributed by atoms with E-state index in [4.69, 9.17) is 0 Å². The van der Waals surface area contributed by atoms with Crippen LogP contribution in [-0.4, -0.2) is 38.1 Å². The van der Waals surface area contributed by atoms with Gasteiger partial charge in [0.15, 0.2) is 0 Å². The molecule has 0 aliphatic heterocycles. The number of benzene rings is 2. The molecule has 0 bridgehead atoms. The molecule has 5 heteroatoms. The Hall–Kier alpha value is -2.08. The number of hydrogen-bond donors (Lipinski definition) is 4. The lowest BCUT2D eigenvalue weighted by molar-refractivity contribution is -0.0226. The van der Waals surface area contributed by atoms with Gasteiger partial charge in [0, 0.05) is 0 Å². The second-order valence-electron chi connectivity index (χ2n) is 14.9. The molecule has 4 saturated carbocycles. The lowest BCUT2D eigenvalue weighted by Gasteiger charge is -2.50. The van der Waals surface area contributed by atoms with E-state index >= 15 is 0 Å². The zero-order valence-electron chi connectivity index (χ0n) is 24.9. The summed E-state index contributed by atoms with van der Waals surface area (Å²) in [6, 6.07) is 11.9. The Morgan fingerprint density at radius 2 is 1.00 bits per heavy atom. The number of aryl methyl sites for hydroxylation is 2. The van der Waals surface area contributed by atoms with Gasteiger partial charge in [-0.1, -0.05) is 26.0 Å². The Balaban J connectivity index is 0.000000144. The predicted octanol–water partition coefficient (Wildman–Crippen LogP) is 6.39. The molecular formula is C36H50O5. The number of aromatic hydroxyl groups is 2. The van der Waals surface area contributed by atoms with E-state index in [2.05, 4.69) is 26.0 Å². The maximum absolute atomic E-state index is 10.4.